The van der Waals surface area contributed by atoms with Crippen LogP contribution in [0.4, 0.5) is 16.0 Å². The summed E-state index contributed by atoms with van der Waals surface area (Å²) >= 11 is 6.00. The second-order valence-corrected chi connectivity index (χ2v) is 12.3. The van der Waals surface area contributed by atoms with Gasteiger partial charge in [0.15, 0.2) is 0 Å². The largest absolute Gasteiger partial charge is 0.481 e. The van der Waals surface area contributed by atoms with Crippen molar-refractivity contribution in [1.29, 1.82) is 0 Å². The SMILES string of the molecule is BC(B)(B)C(B)(B)n1nc(N[C@@H]2[C@@H]3CC[C@H]2CN(c2ccnc(OC)c2)C3)nc1Oc1ccc(F)c(Cl)c1. The molecule has 3 heterocycles. The summed E-state index contributed by atoms with van der Waals surface area (Å²) in [6.07, 6.45) is 4.09. The molecule has 0 radical (unpaired) electrons. The lowest BCUT2D eigenvalue weighted by Crippen LogP contribution is -2.49. The summed E-state index contributed by atoms with van der Waals surface area (Å²) in [6, 6.07) is 8.92. The molecular formula is C23H31B5ClFN6O2. The van der Waals surface area contributed by atoms with E-state index in [0.29, 0.717) is 35.4 Å². The Bertz CT molecular complexity index is 1310. The van der Waals surface area contributed by atoms with E-state index >= 15 is 0 Å². The Morgan fingerprint density at radius 1 is 1.08 bits per heavy atom. The number of methoxy groups -OCH3 is 1. The van der Waals surface area contributed by atoms with Gasteiger partial charge >= 0.3 is 6.01 Å². The Labute approximate surface area is 232 Å². The van der Waals surface area contributed by atoms with Crippen molar-refractivity contribution in [2.45, 2.75) is 29.3 Å². The molecule has 1 saturated carbocycles. The zero-order valence-electron chi connectivity index (χ0n) is 22.8. The van der Waals surface area contributed by atoms with E-state index in [1.165, 1.54) is 12.1 Å². The second-order valence-electron chi connectivity index (χ2n) is 11.8. The van der Waals surface area contributed by atoms with Gasteiger partial charge in [-0.3, -0.25) is 0 Å². The number of piperidine rings is 1. The number of halogens is 2. The highest BCUT2D eigenvalue weighted by molar-refractivity contribution is 6.66. The number of ether oxygens (including phenoxy) is 2. The van der Waals surface area contributed by atoms with Crippen LogP contribution in [-0.4, -0.2) is 85.2 Å². The predicted molar refractivity (Wildman–Crippen MR) is 162 cm³/mol. The minimum atomic E-state index is -0.495. The molecule has 1 aliphatic heterocycles. The number of aromatic nitrogens is 4. The fraction of sp³-hybridized carbons (Fsp3) is 0.435. The van der Waals surface area contributed by atoms with E-state index in [0.717, 1.165) is 31.6 Å². The molecule has 8 nitrogen and oxygen atoms in total. The first-order valence-electron chi connectivity index (χ1n) is 13.1. The maximum Gasteiger partial charge on any atom is 0.321 e. The normalized spacial score (nSPS) is 21.3. The van der Waals surface area contributed by atoms with Gasteiger partial charge in [0, 0.05) is 43.1 Å². The molecule has 2 bridgehead atoms. The molecule has 3 aromatic rings. The van der Waals surface area contributed by atoms with Crippen LogP contribution in [0.3, 0.4) is 0 Å². The summed E-state index contributed by atoms with van der Waals surface area (Å²) in [4.78, 5) is 11.4. The lowest BCUT2D eigenvalue weighted by molar-refractivity contribution is 0.373. The van der Waals surface area contributed by atoms with Gasteiger partial charge in [0.1, 0.15) is 27.3 Å². The van der Waals surface area contributed by atoms with Crippen LogP contribution >= 0.6 is 11.6 Å². The number of nitrogens with one attached hydrogen (secondary N) is 1. The van der Waals surface area contributed by atoms with Crippen molar-refractivity contribution in [3.8, 4) is 17.6 Å². The first kappa shape index (κ1) is 26.8. The van der Waals surface area contributed by atoms with E-state index in [1.807, 2.05) is 16.8 Å². The van der Waals surface area contributed by atoms with Crippen LogP contribution in [0.2, 0.25) is 10.1 Å². The fourth-order valence-electron chi connectivity index (χ4n) is 5.28. The highest BCUT2D eigenvalue weighted by atomic mass is 35.5. The Morgan fingerprint density at radius 2 is 1.79 bits per heavy atom. The van der Waals surface area contributed by atoms with E-state index in [2.05, 4.69) is 54.4 Å². The van der Waals surface area contributed by atoms with Gasteiger partial charge in [-0.1, -0.05) is 11.6 Å². The van der Waals surface area contributed by atoms with Crippen molar-refractivity contribution in [1.82, 2.24) is 19.7 Å². The average molecular weight is 532 g/mol. The minimum absolute atomic E-state index is 0.00264. The predicted octanol–water partition coefficient (Wildman–Crippen LogP) is -0.557. The summed E-state index contributed by atoms with van der Waals surface area (Å²) in [5.41, 5.74) is 1.13. The van der Waals surface area contributed by atoms with Crippen molar-refractivity contribution < 1.29 is 13.9 Å². The van der Waals surface area contributed by atoms with E-state index < -0.39 is 11.2 Å². The third-order valence-corrected chi connectivity index (χ3v) is 8.75. The number of nitrogens with zero attached hydrogens (tertiary/aromatic N) is 5. The van der Waals surface area contributed by atoms with Gasteiger partial charge in [-0.15, -0.1) is 10.2 Å². The van der Waals surface area contributed by atoms with E-state index in [9.17, 15) is 4.39 Å². The third kappa shape index (κ3) is 5.11. The summed E-state index contributed by atoms with van der Waals surface area (Å²) < 4.78 is 27.0. The van der Waals surface area contributed by atoms with Crippen molar-refractivity contribution in [3.63, 3.8) is 0 Å². The molecule has 15 heteroatoms. The van der Waals surface area contributed by atoms with Gasteiger partial charge < -0.3 is 19.7 Å². The molecule has 0 amide bonds. The van der Waals surface area contributed by atoms with Crippen LogP contribution in [0, 0.1) is 17.7 Å². The van der Waals surface area contributed by atoms with Gasteiger partial charge in [0.25, 0.3) is 0 Å². The van der Waals surface area contributed by atoms with Crippen molar-refractivity contribution >= 4 is 62.5 Å². The molecule has 194 valence electrons. The van der Waals surface area contributed by atoms with Gasteiger partial charge in [0.05, 0.1) is 35.7 Å². The number of pyridine rings is 1. The maximum atomic E-state index is 13.7. The Balaban J connectivity index is 1.39. The molecular weight excluding hydrogens is 501 g/mol. The molecule has 5 rings (SSSR count). The standard InChI is InChI=1S/C23H31B5ClFN6O2/c1-37-18-8-14(6-7-31-18)35-10-12-2-3-13(11-35)19(12)32-20-33-21(36(34-20)23(27,28)22(24,25)26)38-15-4-5-17(30)16(29)9-15/h4-9,12-13,19H,2-3,10-11,24-28H2,1H3,(H,32,34)/t12-,13+,19-. The van der Waals surface area contributed by atoms with Crippen molar-refractivity contribution in [3.05, 3.63) is 47.4 Å². The molecule has 0 spiro atoms. The molecule has 1 aliphatic carbocycles. The monoisotopic (exact) mass is 532 g/mol. The number of anilines is 2. The number of rotatable bonds is 8. The lowest BCUT2D eigenvalue weighted by atomic mass is 9.26. The maximum absolute atomic E-state index is 13.7. The lowest BCUT2D eigenvalue weighted by Gasteiger charge is -2.40. The van der Waals surface area contributed by atoms with Crippen LogP contribution in [0.1, 0.15) is 12.8 Å². The summed E-state index contributed by atoms with van der Waals surface area (Å²) in [5.74, 6) is 1.98. The first-order valence-corrected chi connectivity index (χ1v) is 13.5. The topological polar surface area (TPSA) is 77.3 Å². The Kier molecular flexibility index (Phi) is 7.13. The van der Waals surface area contributed by atoms with Crippen LogP contribution in [0.25, 0.3) is 0 Å². The van der Waals surface area contributed by atoms with Crippen molar-refractivity contribution in [2.75, 3.05) is 30.4 Å². The number of hydrogen-bond donors (Lipinski definition) is 1. The quantitative estimate of drug-likeness (QED) is 0.391. The van der Waals surface area contributed by atoms with Crippen LogP contribution in [0.5, 0.6) is 17.6 Å². The van der Waals surface area contributed by atoms with E-state index in [-0.39, 0.29) is 16.2 Å². The van der Waals surface area contributed by atoms with E-state index in [1.54, 1.807) is 19.4 Å². The molecule has 38 heavy (non-hydrogen) atoms. The second kappa shape index (κ2) is 10.1. The van der Waals surface area contributed by atoms with Gasteiger partial charge in [-0.05, 0) is 48.2 Å². The Morgan fingerprint density at radius 3 is 2.42 bits per heavy atom. The van der Waals surface area contributed by atoms with Gasteiger partial charge in [-0.25, -0.2) is 14.1 Å². The average Bonchev–Trinajstić information content (AvgIpc) is 3.36. The highest BCUT2D eigenvalue weighted by Crippen LogP contribution is 2.41. The summed E-state index contributed by atoms with van der Waals surface area (Å²) in [5, 5.41) is 7.98. The number of fused-ring (bicyclic) bond motifs is 2. The van der Waals surface area contributed by atoms with E-state index in [4.69, 9.17) is 31.2 Å². The van der Waals surface area contributed by atoms with Gasteiger partial charge in [0.2, 0.25) is 11.8 Å². The number of benzene rings is 1. The van der Waals surface area contributed by atoms with Crippen LogP contribution in [-0.2, 0) is 5.34 Å². The minimum Gasteiger partial charge on any atom is -0.481 e. The molecule has 0 unspecified atom stereocenters. The third-order valence-electron chi connectivity index (χ3n) is 8.46. The highest BCUT2D eigenvalue weighted by Gasteiger charge is 2.43. The zero-order chi connectivity index (χ0) is 27.2. The molecule has 2 fully saturated rings. The summed E-state index contributed by atoms with van der Waals surface area (Å²) in [7, 11) is 12.3. The zero-order valence-corrected chi connectivity index (χ0v) is 23.6. The molecule has 3 atom stereocenters. The van der Waals surface area contributed by atoms with Crippen LogP contribution in [0.15, 0.2) is 36.5 Å². The molecule has 1 N–H and O–H groups in total. The van der Waals surface area contributed by atoms with Gasteiger partial charge in [-0.2, -0.15) is 4.98 Å². The molecule has 1 saturated heterocycles. The number of hydrogen-bond acceptors (Lipinski definition) is 7. The van der Waals surface area contributed by atoms with Crippen molar-refractivity contribution in [2.24, 2.45) is 11.8 Å². The van der Waals surface area contributed by atoms with Crippen LogP contribution < -0.4 is 19.7 Å². The molecule has 2 aromatic heterocycles. The first-order chi connectivity index (χ1) is 18.0. The Hall–Kier alpha value is -2.75. The fourth-order valence-corrected chi connectivity index (χ4v) is 5.45. The molecule has 2 aliphatic rings. The molecule has 1 aromatic carbocycles. The summed E-state index contributed by atoms with van der Waals surface area (Å²) in [6.45, 7) is 1.87. The smallest absolute Gasteiger partial charge is 0.321 e.